The molecule has 1 N–H and O–H groups in total. The number of ether oxygens (including phenoxy) is 2. The average Bonchev–Trinajstić information content (AvgIpc) is 3.30. The number of benzene rings is 2. The van der Waals surface area contributed by atoms with Gasteiger partial charge in [0.25, 0.3) is 5.91 Å². The van der Waals surface area contributed by atoms with Gasteiger partial charge in [-0.2, -0.15) is 0 Å². The fourth-order valence-electron chi connectivity index (χ4n) is 3.50. The zero-order valence-corrected chi connectivity index (χ0v) is 18.3. The monoisotopic (exact) mass is 422 g/mol. The average molecular weight is 423 g/mol. The molecule has 0 spiro atoms. The fourth-order valence-corrected chi connectivity index (χ4v) is 3.50. The lowest BCUT2D eigenvalue weighted by Crippen LogP contribution is -2.38. The van der Waals surface area contributed by atoms with Crippen LogP contribution in [-0.2, 0) is 6.61 Å². The Bertz CT molecular complexity index is 951. The van der Waals surface area contributed by atoms with Crippen molar-refractivity contribution in [1.82, 2.24) is 10.2 Å². The van der Waals surface area contributed by atoms with Crippen LogP contribution in [0.15, 0.2) is 71.1 Å². The lowest BCUT2D eigenvalue weighted by molar-refractivity contribution is 0.0903. The third kappa shape index (κ3) is 6.12. The fraction of sp³-hybridized carbons (Fsp3) is 0.320. The maximum absolute atomic E-state index is 12.7. The van der Waals surface area contributed by atoms with E-state index in [9.17, 15) is 4.79 Å². The number of carbonyl (C=O) groups is 1. The highest BCUT2D eigenvalue weighted by molar-refractivity contribution is 5.91. The Morgan fingerprint density at radius 3 is 2.45 bits per heavy atom. The molecule has 0 aliphatic heterocycles. The molecule has 1 atom stereocenters. The number of hydrogen-bond donors (Lipinski definition) is 1. The summed E-state index contributed by atoms with van der Waals surface area (Å²) >= 11 is 0. The molecule has 0 saturated heterocycles. The summed E-state index contributed by atoms with van der Waals surface area (Å²) in [6.45, 7) is 6.70. The Morgan fingerprint density at radius 1 is 1.00 bits per heavy atom. The number of likely N-dealkylation sites (N-methyl/N-ethyl adjacent to an activating group) is 1. The highest BCUT2D eigenvalue weighted by atomic mass is 16.5. The van der Waals surface area contributed by atoms with Crippen molar-refractivity contribution in [3.8, 4) is 11.5 Å². The van der Waals surface area contributed by atoms with Crippen molar-refractivity contribution >= 4 is 5.91 Å². The lowest BCUT2D eigenvalue weighted by Gasteiger charge is -2.30. The second kappa shape index (κ2) is 11.2. The number of nitrogens with zero attached hydrogens (tertiary/aromatic N) is 1. The topological polar surface area (TPSA) is 63.9 Å². The molecule has 164 valence electrons. The van der Waals surface area contributed by atoms with E-state index in [1.807, 2.05) is 48.5 Å². The van der Waals surface area contributed by atoms with Gasteiger partial charge in [-0.1, -0.05) is 44.2 Å². The van der Waals surface area contributed by atoms with E-state index in [4.69, 9.17) is 13.9 Å². The number of nitrogens with one attached hydrogen (secondary N) is 1. The summed E-state index contributed by atoms with van der Waals surface area (Å²) in [6.07, 6.45) is 0. The van der Waals surface area contributed by atoms with Crippen LogP contribution in [0, 0.1) is 0 Å². The van der Waals surface area contributed by atoms with Gasteiger partial charge < -0.3 is 19.2 Å². The molecule has 6 heteroatoms. The Kier molecular flexibility index (Phi) is 8.12. The van der Waals surface area contributed by atoms with E-state index in [2.05, 4.69) is 30.1 Å². The van der Waals surface area contributed by atoms with E-state index in [0.29, 0.717) is 12.3 Å². The number of furan rings is 1. The van der Waals surface area contributed by atoms with Gasteiger partial charge in [0.15, 0.2) is 5.76 Å². The summed E-state index contributed by atoms with van der Waals surface area (Å²) in [5.74, 6) is 2.18. The van der Waals surface area contributed by atoms with Crippen LogP contribution in [0.4, 0.5) is 0 Å². The smallest absolute Gasteiger partial charge is 0.287 e. The lowest BCUT2D eigenvalue weighted by atomic mass is 10.0. The molecule has 1 amide bonds. The van der Waals surface area contributed by atoms with Gasteiger partial charge in [-0.3, -0.25) is 9.69 Å². The normalized spacial score (nSPS) is 11.9. The molecule has 0 radical (unpaired) electrons. The van der Waals surface area contributed by atoms with Crippen LogP contribution in [0.2, 0.25) is 0 Å². The van der Waals surface area contributed by atoms with Crippen molar-refractivity contribution in [2.24, 2.45) is 0 Å². The number of para-hydroxylation sites is 1. The molecule has 0 aliphatic carbocycles. The molecule has 1 heterocycles. The van der Waals surface area contributed by atoms with Crippen molar-refractivity contribution in [2.45, 2.75) is 26.5 Å². The molecule has 2 aromatic carbocycles. The van der Waals surface area contributed by atoms with E-state index >= 15 is 0 Å². The molecule has 3 aromatic rings. The second-order valence-corrected chi connectivity index (χ2v) is 7.09. The van der Waals surface area contributed by atoms with E-state index in [1.165, 1.54) is 0 Å². The summed E-state index contributed by atoms with van der Waals surface area (Å²) in [7, 11) is 1.66. The van der Waals surface area contributed by atoms with Crippen molar-refractivity contribution in [3.63, 3.8) is 0 Å². The van der Waals surface area contributed by atoms with Crippen LogP contribution in [0.3, 0.4) is 0 Å². The summed E-state index contributed by atoms with van der Waals surface area (Å²) in [4.78, 5) is 15.0. The number of amides is 1. The van der Waals surface area contributed by atoms with E-state index in [0.717, 1.165) is 30.2 Å². The predicted octanol–water partition coefficient (Wildman–Crippen LogP) is 4.68. The highest BCUT2D eigenvalue weighted by Gasteiger charge is 2.21. The van der Waals surface area contributed by atoms with Gasteiger partial charge >= 0.3 is 0 Å². The maximum atomic E-state index is 12.7. The van der Waals surface area contributed by atoms with Gasteiger partial charge in [0.1, 0.15) is 23.9 Å². The number of carbonyl (C=O) groups excluding carboxylic acids is 1. The van der Waals surface area contributed by atoms with Crippen LogP contribution >= 0.6 is 0 Å². The molecule has 31 heavy (non-hydrogen) atoms. The summed E-state index contributed by atoms with van der Waals surface area (Å²) < 4.78 is 16.7. The standard InChI is InChI=1S/C25H30N2O4/c1-4-27(5-2)23(19-10-9-13-21(16-19)29-3)17-26-25(28)24-15-14-22(31-24)18-30-20-11-7-6-8-12-20/h6-16,23H,4-5,17-18H2,1-3H3,(H,26,28). The third-order valence-electron chi connectivity index (χ3n) is 5.20. The molecule has 0 saturated carbocycles. The van der Waals surface area contributed by atoms with Crippen molar-refractivity contribution < 1.29 is 18.7 Å². The minimum Gasteiger partial charge on any atom is -0.497 e. The minimum absolute atomic E-state index is 0.0323. The predicted molar refractivity (Wildman–Crippen MR) is 120 cm³/mol. The van der Waals surface area contributed by atoms with E-state index in [-0.39, 0.29) is 24.3 Å². The minimum atomic E-state index is -0.244. The van der Waals surface area contributed by atoms with Crippen LogP contribution in [0.1, 0.15) is 41.8 Å². The zero-order valence-electron chi connectivity index (χ0n) is 18.3. The molecule has 0 aliphatic rings. The number of rotatable bonds is 11. The van der Waals surface area contributed by atoms with E-state index < -0.39 is 0 Å². The Labute approximate surface area is 183 Å². The van der Waals surface area contributed by atoms with Crippen molar-refractivity contribution in [3.05, 3.63) is 83.8 Å². The quantitative estimate of drug-likeness (QED) is 0.486. The Balaban J connectivity index is 1.63. The maximum Gasteiger partial charge on any atom is 0.287 e. The van der Waals surface area contributed by atoms with Gasteiger partial charge in [-0.25, -0.2) is 0 Å². The molecular weight excluding hydrogens is 392 g/mol. The Hall–Kier alpha value is -3.25. The van der Waals surface area contributed by atoms with Gasteiger partial charge in [0.05, 0.1) is 13.2 Å². The summed E-state index contributed by atoms with van der Waals surface area (Å²) in [6, 6.07) is 20.9. The first-order chi connectivity index (χ1) is 15.1. The van der Waals surface area contributed by atoms with Gasteiger partial charge in [0, 0.05) is 6.54 Å². The van der Waals surface area contributed by atoms with Gasteiger partial charge in [-0.05, 0) is 55.1 Å². The molecule has 1 unspecified atom stereocenters. The van der Waals surface area contributed by atoms with Crippen LogP contribution in [0.25, 0.3) is 0 Å². The van der Waals surface area contributed by atoms with Crippen LogP contribution in [-0.4, -0.2) is 37.6 Å². The zero-order chi connectivity index (χ0) is 22.1. The van der Waals surface area contributed by atoms with Crippen LogP contribution in [0.5, 0.6) is 11.5 Å². The van der Waals surface area contributed by atoms with Crippen molar-refractivity contribution in [2.75, 3.05) is 26.7 Å². The molecular formula is C25H30N2O4. The SMILES string of the molecule is CCN(CC)C(CNC(=O)c1ccc(COc2ccccc2)o1)c1cccc(OC)c1. The van der Waals surface area contributed by atoms with Crippen molar-refractivity contribution in [1.29, 1.82) is 0 Å². The third-order valence-corrected chi connectivity index (χ3v) is 5.20. The van der Waals surface area contributed by atoms with Gasteiger partial charge in [-0.15, -0.1) is 0 Å². The first-order valence-electron chi connectivity index (χ1n) is 10.6. The first kappa shape index (κ1) is 22.4. The second-order valence-electron chi connectivity index (χ2n) is 7.09. The summed E-state index contributed by atoms with van der Waals surface area (Å²) in [5, 5.41) is 3.02. The molecule has 6 nitrogen and oxygen atoms in total. The molecule has 0 bridgehead atoms. The highest BCUT2D eigenvalue weighted by Crippen LogP contribution is 2.24. The number of hydrogen-bond acceptors (Lipinski definition) is 5. The van der Waals surface area contributed by atoms with E-state index in [1.54, 1.807) is 19.2 Å². The summed E-state index contributed by atoms with van der Waals surface area (Å²) in [5.41, 5.74) is 1.10. The van der Waals surface area contributed by atoms with Gasteiger partial charge in [0.2, 0.25) is 0 Å². The molecule has 1 aromatic heterocycles. The largest absolute Gasteiger partial charge is 0.497 e. The van der Waals surface area contributed by atoms with Crippen LogP contribution < -0.4 is 14.8 Å². The molecule has 0 fully saturated rings. The number of methoxy groups -OCH3 is 1. The Morgan fingerprint density at radius 2 is 1.74 bits per heavy atom. The first-order valence-corrected chi connectivity index (χ1v) is 10.6. The molecule has 3 rings (SSSR count).